The fourth-order valence-corrected chi connectivity index (χ4v) is 4.55. The van der Waals surface area contributed by atoms with Crippen LogP contribution in [0.25, 0.3) is 0 Å². The number of ether oxygens (including phenoxy) is 5. The van der Waals surface area contributed by atoms with Crippen molar-refractivity contribution >= 4 is 5.97 Å². The zero-order valence-corrected chi connectivity index (χ0v) is 17.1. The molecule has 3 saturated heterocycles. The predicted molar refractivity (Wildman–Crippen MR) is 105 cm³/mol. The van der Waals surface area contributed by atoms with Gasteiger partial charge in [0.25, 0.3) is 0 Å². The molecule has 0 aliphatic carbocycles. The Morgan fingerprint density at radius 2 is 1.80 bits per heavy atom. The quantitative estimate of drug-likeness (QED) is 0.495. The fraction of sp³-hybridized carbons (Fsp3) is 0.682. The molecule has 8 nitrogen and oxygen atoms in total. The number of rotatable bonds is 7. The summed E-state index contributed by atoms with van der Waals surface area (Å²) >= 11 is 0. The summed E-state index contributed by atoms with van der Waals surface area (Å²) in [6, 6.07) is 9.87. The van der Waals surface area contributed by atoms with Crippen LogP contribution in [0.15, 0.2) is 30.3 Å². The number of aliphatic hydroxyl groups is 2. The van der Waals surface area contributed by atoms with Gasteiger partial charge in [0.1, 0.15) is 30.5 Å². The molecule has 0 radical (unpaired) electrons. The van der Waals surface area contributed by atoms with Crippen molar-refractivity contribution in [3.63, 3.8) is 0 Å². The van der Waals surface area contributed by atoms with E-state index >= 15 is 0 Å². The lowest BCUT2D eigenvalue weighted by Gasteiger charge is -2.46. The Kier molecular flexibility index (Phi) is 7.02. The molecule has 0 aromatic heterocycles. The largest absolute Gasteiger partial charge is 0.469 e. The Morgan fingerprint density at radius 3 is 2.57 bits per heavy atom. The number of benzene rings is 1. The van der Waals surface area contributed by atoms with Gasteiger partial charge in [0.05, 0.1) is 38.4 Å². The third-order valence-corrected chi connectivity index (χ3v) is 6.15. The molecule has 166 valence electrons. The molecule has 3 fully saturated rings. The monoisotopic (exact) mass is 422 g/mol. The second-order valence-corrected chi connectivity index (χ2v) is 8.17. The lowest BCUT2D eigenvalue weighted by molar-refractivity contribution is -0.259. The molecule has 8 atom stereocenters. The first-order valence-electron chi connectivity index (χ1n) is 10.6. The van der Waals surface area contributed by atoms with E-state index in [1.54, 1.807) is 0 Å². The Hall–Kier alpha value is -1.55. The number of carbonyl (C=O) groups excluding carboxylic acids is 1. The molecule has 3 aliphatic rings. The van der Waals surface area contributed by atoms with Crippen molar-refractivity contribution in [3.8, 4) is 0 Å². The minimum absolute atomic E-state index is 0.144. The first-order chi connectivity index (χ1) is 14.6. The highest BCUT2D eigenvalue weighted by Crippen LogP contribution is 2.39. The van der Waals surface area contributed by atoms with Crippen LogP contribution in [0.4, 0.5) is 0 Å². The predicted octanol–water partition coefficient (Wildman–Crippen LogP) is 0.961. The smallest absolute Gasteiger partial charge is 0.308 e. The molecule has 4 rings (SSSR count). The van der Waals surface area contributed by atoms with Gasteiger partial charge in [-0.25, -0.2) is 0 Å². The second kappa shape index (κ2) is 9.72. The molecular weight excluding hydrogens is 392 g/mol. The van der Waals surface area contributed by atoms with Crippen molar-refractivity contribution < 1.29 is 38.7 Å². The number of fused-ring (bicyclic) bond motifs is 2. The molecule has 0 bridgehead atoms. The van der Waals surface area contributed by atoms with Gasteiger partial charge in [-0.3, -0.25) is 4.79 Å². The number of aliphatic hydroxyl groups excluding tert-OH is 2. The van der Waals surface area contributed by atoms with Crippen LogP contribution in [0.1, 0.15) is 31.2 Å². The SMILES string of the molecule is COC(=O)C[C@H]1CC[C@@H]2O[C@H]3C(O)[C@@H](CCOCc4ccccc4)O[C@H]3[C@@H](O)[C@H]2O1. The minimum Gasteiger partial charge on any atom is -0.469 e. The third kappa shape index (κ3) is 4.69. The number of hydrogen-bond donors (Lipinski definition) is 2. The molecule has 0 amide bonds. The molecule has 1 aromatic rings. The van der Waals surface area contributed by atoms with E-state index in [2.05, 4.69) is 0 Å². The van der Waals surface area contributed by atoms with Gasteiger partial charge in [-0.05, 0) is 24.8 Å². The normalized spacial score (nSPS) is 38.0. The molecule has 30 heavy (non-hydrogen) atoms. The summed E-state index contributed by atoms with van der Waals surface area (Å²) in [4.78, 5) is 11.5. The van der Waals surface area contributed by atoms with Crippen molar-refractivity contribution in [3.05, 3.63) is 35.9 Å². The average Bonchev–Trinajstić information content (AvgIpc) is 3.08. The third-order valence-electron chi connectivity index (χ3n) is 6.15. The summed E-state index contributed by atoms with van der Waals surface area (Å²) < 4.78 is 28.4. The van der Waals surface area contributed by atoms with Crippen molar-refractivity contribution in [2.75, 3.05) is 13.7 Å². The number of hydrogen-bond acceptors (Lipinski definition) is 8. The van der Waals surface area contributed by atoms with Gasteiger partial charge in [0.15, 0.2) is 0 Å². The summed E-state index contributed by atoms with van der Waals surface area (Å²) in [6.45, 7) is 0.923. The van der Waals surface area contributed by atoms with Gasteiger partial charge in [0, 0.05) is 6.61 Å². The second-order valence-electron chi connectivity index (χ2n) is 8.17. The molecule has 0 saturated carbocycles. The summed E-state index contributed by atoms with van der Waals surface area (Å²) in [5, 5.41) is 21.5. The van der Waals surface area contributed by atoms with Gasteiger partial charge < -0.3 is 33.9 Å². The standard InChI is InChI=1S/C22H30O8/c1-26-17(23)11-14-7-8-16-20(28-14)19(25)22-21(30-16)18(24)15(29-22)9-10-27-12-13-5-3-2-4-6-13/h2-6,14-16,18-22,24-25H,7-12H2,1H3/t14-,15-,16+,18?,19+,20+,21+,22+/m1/s1. The minimum atomic E-state index is -0.931. The molecule has 8 heteroatoms. The van der Waals surface area contributed by atoms with Crippen LogP contribution in [0.5, 0.6) is 0 Å². The zero-order valence-electron chi connectivity index (χ0n) is 17.1. The average molecular weight is 422 g/mol. The fourth-order valence-electron chi connectivity index (χ4n) is 4.55. The van der Waals surface area contributed by atoms with Gasteiger partial charge in [-0.15, -0.1) is 0 Å². The first kappa shape index (κ1) is 21.7. The van der Waals surface area contributed by atoms with Crippen LogP contribution in [0.3, 0.4) is 0 Å². The number of methoxy groups -OCH3 is 1. The van der Waals surface area contributed by atoms with Crippen molar-refractivity contribution in [1.82, 2.24) is 0 Å². The van der Waals surface area contributed by atoms with E-state index in [0.29, 0.717) is 32.5 Å². The van der Waals surface area contributed by atoms with E-state index in [1.807, 2.05) is 30.3 Å². The van der Waals surface area contributed by atoms with Gasteiger partial charge in [-0.2, -0.15) is 0 Å². The zero-order chi connectivity index (χ0) is 21.1. The molecule has 1 aromatic carbocycles. The van der Waals surface area contributed by atoms with Crippen LogP contribution in [-0.4, -0.2) is 78.7 Å². The van der Waals surface area contributed by atoms with Gasteiger partial charge in [-0.1, -0.05) is 30.3 Å². The Morgan fingerprint density at radius 1 is 1.03 bits per heavy atom. The molecule has 1 unspecified atom stereocenters. The molecule has 2 N–H and O–H groups in total. The van der Waals surface area contributed by atoms with Gasteiger partial charge in [0.2, 0.25) is 0 Å². The summed E-state index contributed by atoms with van der Waals surface area (Å²) in [5.74, 6) is -0.342. The van der Waals surface area contributed by atoms with E-state index < -0.39 is 36.6 Å². The molecule has 3 aliphatic heterocycles. The Labute approximate surface area is 176 Å². The topological polar surface area (TPSA) is 104 Å². The molecule has 3 heterocycles. The van der Waals surface area contributed by atoms with E-state index in [1.165, 1.54) is 7.11 Å². The summed E-state index contributed by atoms with van der Waals surface area (Å²) in [5.41, 5.74) is 1.08. The number of esters is 1. The van der Waals surface area contributed by atoms with Crippen LogP contribution in [0, 0.1) is 0 Å². The lowest BCUT2D eigenvalue weighted by Crippen LogP contribution is -2.61. The summed E-state index contributed by atoms with van der Waals surface area (Å²) in [7, 11) is 1.34. The van der Waals surface area contributed by atoms with Crippen LogP contribution < -0.4 is 0 Å². The lowest BCUT2D eigenvalue weighted by atomic mass is 9.88. The highest BCUT2D eigenvalue weighted by Gasteiger charge is 2.56. The molecular formula is C22H30O8. The summed E-state index contributed by atoms with van der Waals surface area (Å²) in [6.07, 6.45) is -2.83. The Bertz CT molecular complexity index is 698. The Balaban J connectivity index is 1.29. The van der Waals surface area contributed by atoms with E-state index in [4.69, 9.17) is 23.7 Å². The number of carbonyl (C=O) groups is 1. The maximum Gasteiger partial charge on any atom is 0.308 e. The van der Waals surface area contributed by atoms with Crippen LogP contribution in [-0.2, 0) is 35.1 Å². The van der Waals surface area contributed by atoms with E-state index in [9.17, 15) is 15.0 Å². The highest BCUT2D eigenvalue weighted by molar-refractivity contribution is 5.69. The van der Waals surface area contributed by atoms with Crippen LogP contribution in [0.2, 0.25) is 0 Å². The van der Waals surface area contributed by atoms with Crippen molar-refractivity contribution in [2.45, 2.75) is 81.1 Å². The van der Waals surface area contributed by atoms with E-state index in [0.717, 1.165) is 5.56 Å². The van der Waals surface area contributed by atoms with Crippen molar-refractivity contribution in [1.29, 1.82) is 0 Å². The maximum absolute atomic E-state index is 11.5. The van der Waals surface area contributed by atoms with Crippen molar-refractivity contribution in [2.24, 2.45) is 0 Å². The highest BCUT2D eigenvalue weighted by atomic mass is 16.6. The van der Waals surface area contributed by atoms with E-state index in [-0.39, 0.29) is 24.6 Å². The molecule has 0 spiro atoms. The van der Waals surface area contributed by atoms with Gasteiger partial charge >= 0.3 is 5.97 Å². The first-order valence-corrected chi connectivity index (χ1v) is 10.6. The maximum atomic E-state index is 11.5. The van der Waals surface area contributed by atoms with Crippen LogP contribution >= 0.6 is 0 Å².